The molecule has 2 aliphatic rings. The molecule has 2 aromatic rings. The standard InChI is InChI=1S/C22H23NO4/c1-14-10-12-15(13-11-14)22-21(23(25)26)20(16-6-2-4-8-18(16)24)17-7-3-5-9-19(17)27-22/h3,5,7,9-13,16,20-22H,2,4,6,8H2,1H3/t16-,20-,21+,22+/m0/s1. The lowest BCUT2D eigenvalue weighted by Gasteiger charge is -2.39. The van der Waals surface area contributed by atoms with E-state index in [4.69, 9.17) is 4.74 Å². The lowest BCUT2D eigenvalue weighted by Crippen LogP contribution is -2.45. The minimum Gasteiger partial charge on any atom is -0.478 e. The molecule has 0 radical (unpaired) electrons. The predicted molar refractivity (Wildman–Crippen MR) is 101 cm³/mol. The first-order valence-corrected chi connectivity index (χ1v) is 9.54. The van der Waals surface area contributed by atoms with Gasteiger partial charge in [0.05, 0.1) is 5.92 Å². The van der Waals surface area contributed by atoms with Crippen LogP contribution >= 0.6 is 0 Å². The SMILES string of the molecule is Cc1ccc([C@H]2Oc3ccccc3[C@H]([C@H]3CCCCC3=O)[C@H]2[N+](=O)[O-])cc1. The second kappa shape index (κ2) is 7.14. The van der Waals surface area contributed by atoms with E-state index in [0.29, 0.717) is 18.6 Å². The van der Waals surface area contributed by atoms with Gasteiger partial charge >= 0.3 is 0 Å². The van der Waals surface area contributed by atoms with Crippen LogP contribution in [0.3, 0.4) is 0 Å². The van der Waals surface area contributed by atoms with Crippen LogP contribution in [0, 0.1) is 23.0 Å². The van der Waals surface area contributed by atoms with Crippen molar-refractivity contribution < 1.29 is 14.5 Å². The number of ether oxygens (including phenoxy) is 1. The summed E-state index contributed by atoms with van der Waals surface area (Å²) in [6, 6.07) is 14.2. The zero-order valence-electron chi connectivity index (χ0n) is 15.3. The number of nitro groups is 1. The first-order chi connectivity index (χ1) is 13.1. The molecule has 2 aromatic carbocycles. The second-order valence-corrected chi connectivity index (χ2v) is 7.61. The summed E-state index contributed by atoms with van der Waals surface area (Å²) >= 11 is 0. The summed E-state index contributed by atoms with van der Waals surface area (Å²) in [5, 5.41) is 12.2. The third-order valence-electron chi connectivity index (χ3n) is 5.89. The fourth-order valence-corrected chi connectivity index (χ4v) is 4.55. The number of hydrogen-bond acceptors (Lipinski definition) is 4. The minimum atomic E-state index is -0.977. The number of carbonyl (C=O) groups excluding carboxylic acids is 1. The molecule has 0 bridgehead atoms. The molecule has 0 aromatic heterocycles. The van der Waals surface area contributed by atoms with Crippen LogP contribution in [-0.2, 0) is 4.79 Å². The van der Waals surface area contributed by atoms with Crippen molar-refractivity contribution in [1.82, 2.24) is 0 Å². The van der Waals surface area contributed by atoms with Crippen LogP contribution in [0.2, 0.25) is 0 Å². The summed E-state index contributed by atoms with van der Waals surface area (Å²) in [5.41, 5.74) is 2.67. The lowest BCUT2D eigenvalue weighted by atomic mass is 9.69. The van der Waals surface area contributed by atoms with E-state index < -0.39 is 18.1 Å². The molecule has 4 rings (SSSR count). The molecule has 0 amide bonds. The van der Waals surface area contributed by atoms with Crippen molar-refractivity contribution in [3.8, 4) is 5.75 Å². The van der Waals surface area contributed by atoms with Gasteiger partial charge in [-0.05, 0) is 31.4 Å². The van der Waals surface area contributed by atoms with Crippen LogP contribution in [0.25, 0.3) is 0 Å². The molecule has 1 aliphatic carbocycles. The van der Waals surface area contributed by atoms with Crippen LogP contribution in [0.15, 0.2) is 48.5 Å². The molecule has 5 heteroatoms. The van der Waals surface area contributed by atoms with E-state index in [1.807, 2.05) is 55.5 Å². The Labute approximate surface area is 158 Å². The molecule has 1 heterocycles. The summed E-state index contributed by atoms with van der Waals surface area (Å²) in [6.07, 6.45) is 2.35. The Morgan fingerprint density at radius 3 is 2.52 bits per heavy atom. The number of hydrogen-bond donors (Lipinski definition) is 0. The number of nitrogens with zero attached hydrogens (tertiary/aromatic N) is 1. The first-order valence-electron chi connectivity index (χ1n) is 9.54. The van der Waals surface area contributed by atoms with Crippen LogP contribution in [0.4, 0.5) is 0 Å². The largest absolute Gasteiger partial charge is 0.478 e. The molecule has 1 aliphatic heterocycles. The van der Waals surface area contributed by atoms with E-state index in [1.54, 1.807) is 0 Å². The molecule has 140 valence electrons. The molecule has 0 spiro atoms. The average Bonchev–Trinajstić information content (AvgIpc) is 2.67. The van der Waals surface area contributed by atoms with Crippen molar-refractivity contribution in [2.45, 2.75) is 50.7 Å². The highest BCUT2D eigenvalue weighted by molar-refractivity contribution is 5.83. The molecule has 4 atom stereocenters. The molecule has 5 nitrogen and oxygen atoms in total. The first kappa shape index (κ1) is 17.7. The van der Waals surface area contributed by atoms with Gasteiger partial charge in [-0.3, -0.25) is 14.9 Å². The Kier molecular flexibility index (Phi) is 4.68. The zero-order chi connectivity index (χ0) is 19.0. The highest BCUT2D eigenvalue weighted by Gasteiger charge is 2.52. The van der Waals surface area contributed by atoms with E-state index in [2.05, 4.69) is 0 Å². The third kappa shape index (κ3) is 3.22. The summed E-state index contributed by atoms with van der Waals surface area (Å²) in [6.45, 7) is 1.98. The maximum atomic E-state index is 12.7. The second-order valence-electron chi connectivity index (χ2n) is 7.61. The van der Waals surface area contributed by atoms with Crippen molar-refractivity contribution in [3.05, 3.63) is 75.3 Å². The maximum Gasteiger partial charge on any atom is 0.261 e. The van der Waals surface area contributed by atoms with Gasteiger partial charge < -0.3 is 4.74 Å². The van der Waals surface area contributed by atoms with Crippen molar-refractivity contribution >= 4 is 5.78 Å². The summed E-state index contributed by atoms with van der Waals surface area (Å²) in [5.74, 6) is 0.0400. The summed E-state index contributed by atoms with van der Waals surface area (Å²) in [4.78, 5) is 24.6. The van der Waals surface area contributed by atoms with E-state index in [-0.39, 0.29) is 16.6 Å². The van der Waals surface area contributed by atoms with Crippen LogP contribution in [-0.4, -0.2) is 16.7 Å². The van der Waals surface area contributed by atoms with Gasteiger partial charge in [-0.15, -0.1) is 0 Å². The van der Waals surface area contributed by atoms with Gasteiger partial charge in [0.2, 0.25) is 0 Å². The highest BCUT2D eigenvalue weighted by atomic mass is 16.6. The van der Waals surface area contributed by atoms with Gasteiger partial charge in [0.1, 0.15) is 11.5 Å². The van der Waals surface area contributed by atoms with Crippen LogP contribution in [0.5, 0.6) is 5.75 Å². The third-order valence-corrected chi connectivity index (χ3v) is 5.89. The Morgan fingerprint density at radius 2 is 1.81 bits per heavy atom. The van der Waals surface area contributed by atoms with Gasteiger partial charge in [-0.2, -0.15) is 0 Å². The smallest absolute Gasteiger partial charge is 0.261 e. The molecule has 0 saturated heterocycles. The average molecular weight is 365 g/mol. The molecular weight excluding hydrogens is 342 g/mol. The van der Waals surface area contributed by atoms with Crippen molar-refractivity contribution in [3.63, 3.8) is 0 Å². The molecule has 0 N–H and O–H groups in total. The Hall–Kier alpha value is -2.69. The van der Waals surface area contributed by atoms with Crippen molar-refractivity contribution in [1.29, 1.82) is 0 Å². The van der Waals surface area contributed by atoms with Gasteiger partial charge in [-0.25, -0.2) is 0 Å². The Bertz CT molecular complexity index is 861. The van der Waals surface area contributed by atoms with Crippen molar-refractivity contribution in [2.24, 2.45) is 5.92 Å². The number of fused-ring (bicyclic) bond motifs is 1. The van der Waals surface area contributed by atoms with Gasteiger partial charge in [-0.1, -0.05) is 54.4 Å². The lowest BCUT2D eigenvalue weighted by molar-refractivity contribution is -0.541. The van der Waals surface area contributed by atoms with E-state index >= 15 is 0 Å². The molecule has 27 heavy (non-hydrogen) atoms. The van der Waals surface area contributed by atoms with Gasteiger partial charge in [0, 0.05) is 22.8 Å². The van der Waals surface area contributed by atoms with E-state index in [9.17, 15) is 14.9 Å². The number of rotatable bonds is 3. The Morgan fingerprint density at radius 1 is 1.07 bits per heavy atom. The van der Waals surface area contributed by atoms with Crippen molar-refractivity contribution in [2.75, 3.05) is 0 Å². The fraction of sp³-hybridized carbons (Fsp3) is 0.409. The quantitative estimate of drug-likeness (QED) is 0.588. The molecule has 1 saturated carbocycles. The zero-order valence-corrected chi connectivity index (χ0v) is 15.3. The topological polar surface area (TPSA) is 69.4 Å². The van der Waals surface area contributed by atoms with E-state index in [1.165, 1.54) is 0 Å². The number of aryl methyl sites for hydroxylation is 1. The monoisotopic (exact) mass is 365 g/mol. The number of Topliss-reactive ketones (excluding diaryl/α,β-unsaturated/α-hetero) is 1. The van der Waals surface area contributed by atoms with Gasteiger partial charge in [0.25, 0.3) is 6.04 Å². The predicted octanol–water partition coefficient (Wildman–Crippen LogP) is 4.62. The molecular formula is C22H23NO4. The maximum absolute atomic E-state index is 12.7. The minimum absolute atomic E-state index is 0.150. The Balaban J connectivity index is 1.84. The van der Waals surface area contributed by atoms with Gasteiger partial charge in [0.15, 0.2) is 6.10 Å². The number of ketones is 1. The number of carbonyl (C=O) groups is 1. The highest BCUT2D eigenvalue weighted by Crippen LogP contribution is 2.49. The molecule has 1 fully saturated rings. The number of benzene rings is 2. The van der Waals surface area contributed by atoms with E-state index in [0.717, 1.165) is 29.5 Å². The molecule has 0 unspecified atom stereocenters. The number of para-hydroxylation sites is 1. The fourth-order valence-electron chi connectivity index (χ4n) is 4.55. The normalized spacial score (nSPS) is 27.5. The summed E-state index contributed by atoms with van der Waals surface area (Å²) in [7, 11) is 0. The summed E-state index contributed by atoms with van der Waals surface area (Å²) < 4.78 is 6.14. The van der Waals surface area contributed by atoms with Crippen LogP contribution in [0.1, 0.15) is 54.4 Å². The van der Waals surface area contributed by atoms with Crippen LogP contribution < -0.4 is 4.74 Å².